The third kappa shape index (κ3) is 3.00. The van der Waals surface area contributed by atoms with Crippen LogP contribution in [0.15, 0.2) is 47.4 Å². The van der Waals surface area contributed by atoms with Crippen LogP contribution in [0.4, 0.5) is 10.1 Å². The Balaban J connectivity index is 2.43. The Morgan fingerprint density at radius 1 is 1.00 bits per heavy atom. The molecule has 7 heteroatoms. The molecule has 100 valence electrons. The van der Waals surface area contributed by atoms with Crippen molar-refractivity contribution in [1.82, 2.24) is 0 Å². The predicted molar refractivity (Wildman–Crippen MR) is 73.7 cm³/mol. The Labute approximate surface area is 120 Å². The van der Waals surface area contributed by atoms with Crippen LogP contribution in [0.5, 0.6) is 0 Å². The summed E-state index contributed by atoms with van der Waals surface area (Å²) in [5, 5.41) is 0.263. The molecule has 0 saturated carbocycles. The van der Waals surface area contributed by atoms with Crippen LogP contribution in [0.3, 0.4) is 0 Å². The van der Waals surface area contributed by atoms with Crippen molar-refractivity contribution in [3.8, 4) is 0 Å². The molecule has 0 saturated heterocycles. The molecule has 0 spiro atoms. The van der Waals surface area contributed by atoms with Crippen molar-refractivity contribution in [3.05, 3.63) is 58.3 Å². The molecule has 0 heterocycles. The highest BCUT2D eigenvalue weighted by molar-refractivity contribution is 7.92. The van der Waals surface area contributed by atoms with Crippen molar-refractivity contribution >= 4 is 38.9 Å². The van der Waals surface area contributed by atoms with Gasteiger partial charge in [-0.3, -0.25) is 4.72 Å². The van der Waals surface area contributed by atoms with Gasteiger partial charge in [0.25, 0.3) is 10.0 Å². The quantitative estimate of drug-likeness (QED) is 0.931. The van der Waals surface area contributed by atoms with E-state index in [2.05, 4.69) is 4.72 Å². The fraction of sp³-hybridized carbons (Fsp3) is 0. The summed E-state index contributed by atoms with van der Waals surface area (Å²) in [6.45, 7) is 0. The van der Waals surface area contributed by atoms with Gasteiger partial charge in [-0.1, -0.05) is 41.4 Å². The maximum absolute atomic E-state index is 13.5. The van der Waals surface area contributed by atoms with Crippen LogP contribution in [-0.2, 0) is 10.0 Å². The lowest BCUT2D eigenvalue weighted by Crippen LogP contribution is -2.14. The molecule has 0 fully saturated rings. The number of nitrogens with one attached hydrogen (secondary N) is 1. The van der Waals surface area contributed by atoms with Crippen LogP contribution < -0.4 is 4.72 Å². The Morgan fingerprint density at radius 2 is 1.68 bits per heavy atom. The van der Waals surface area contributed by atoms with Gasteiger partial charge in [0, 0.05) is 0 Å². The fourth-order valence-electron chi connectivity index (χ4n) is 1.45. The highest BCUT2D eigenvalue weighted by atomic mass is 35.5. The second kappa shape index (κ2) is 5.36. The lowest BCUT2D eigenvalue weighted by Gasteiger charge is -2.10. The fourth-order valence-corrected chi connectivity index (χ4v) is 3.00. The SMILES string of the molecule is O=S(=O)(Nc1cccc(Cl)c1Cl)c1ccccc1F. The number of anilines is 1. The van der Waals surface area contributed by atoms with E-state index in [-0.39, 0.29) is 15.7 Å². The minimum Gasteiger partial charge on any atom is -0.278 e. The topological polar surface area (TPSA) is 46.2 Å². The monoisotopic (exact) mass is 319 g/mol. The summed E-state index contributed by atoms with van der Waals surface area (Å²) in [6.07, 6.45) is 0. The van der Waals surface area contributed by atoms with Gasteiger partial charge in [-0.15, -0.1) is 0 Å². The average molecular weight is 320 g/mol. The van der Waals surface area contributed by atoms with Crippen LogP contribution in [0.1, 0.15) is 0 Å². The number of sulfonamides is 1. The zero-order chi connectivity index (χ0) is 14.0. The van der Waals surface area contributed by atoms with Crippen LogP contribution in [0, 0.1) is 5.82 Å². The van der Waals surface area contributed by atoms with Crippen LogP contribution >= 0.6 is 23.2 Å². The van der Waals surface area contributed by atoms with E-state index in [9.17, 15) is 12.8 Å². The van der Waals surface area contributed by atoms with Crippen molar-refractivity contribution in [3.63, 3.8) is 0 Å². The summed E-state index contributed by atoms with van der Waals surface area (Å²) >= 11 is 11.7. The molecule has 2 rings (SSSR count). The highest BCUT2D eigenvalue weighted by Crippen LogP contribution is 2.31. The molecule has 19 heavy (non-hydrogen) atoms. The standard InChI is InChI=1S/C12H8Cl2FNO2S/c13-8-4-3-6-10(12(8)14)16-19(17,18)11-7-2-1-5-9(11)15/h1-7,16H. The zero-order valence-corrected chi connectivity index (χ0v) is 11.7. The van der Waals surface area contributed by atoms with Crippen molar-refractivity contribution in [2.75, 3.05) is 4.72 Å². The Morgan fingerprint density at radius 3 is 2.37 bits per heavy atom. The smallest absolute Gasteiger partial charge is 0.264 e. The molecule has 2 aromatic rings. The Kier molecular flexibility index (Phi) is 3.99. The van der Waals surface area contributed by atoms with Crippen molar-refractivity contribution in [2.45, 2.75) is 4.90 Å². The summed E-state index contributed by atoms with van der Waals surface area (Å²) in [4.78, 5) is -0.453. The molecule has 1 N–H and O–H groups in total. The van der Waals surface area contributed by atoms with E-state index in [4.69, 9.17) is 23.2 Å². The van der Waals surface area contributed by atoms with E-state index in [1.54, 1.807) is 0 Å². The van der Waals surface area contributed by atoms with E-state index in [0.717, 1.165) is 12.1 Å². The molecule has 0 unspecified atom stereocenters. The van der Waals surface area contributed by atoms with Gasteiger partial charge in [0.2, 0.25) is 0 Å². The third-order valence-corrected chi connectivity index (χ3v) is 4.54. The molecule has 0 amide bonds. The lowest BCUT2D eigenvalue weighted by molar-refractivity contribution is 0.570. The molecule has 0 atom stereocenters. The molecular formula is C12H8Cl2FNO2S. The first kappa shape index (κ1) is 14.1. The van der Waals surface area contributed by atoms with E-state index in [0.29, 0.717) is 0 Å². The van der Waals surface area contributed by atoms with Crippen molar-refractivity contribution < 1.29 is 12.8 Å². The average Bonchev–Trinajstić information content (AvgIpc) is 2.35. The van der Waals surface area contributed by atoms with Gasteiger partial charge >= 0.3 is 0 Å². The van der Waals surface area contributed by atoms with E-state index in [1.807, 2.05) is 0 Å². The van der Waals surface area contributed by atoms with Crippen LogP contribution in [0.25, 0.3) is 0 Å². The van der Waals surface area contributed by atoms with Crippen LogP contribution in [-0.4, -0.2) is 8.42 Å². The maximum Gasteiger partial charge on any atom is 0.264 e. The number of benzene rings is 2. The molecule has 0 aliphatic rings. The number of hydrogen-bond donors (Lipinski definition) is 1. The molecular weight excluding hydrogens is 312 g/mol. The number of halogens is 3. The second-order valence-corrected chi connectivity index (χ2v) is 6.07. The third-order valence-electron chi connectivity index (χ3n) is 2.32. The summed E-state index contributed by atoms with van der Waals surface area (Å²) in [6, 6.07) is 9.55. The lowest BCUT2D eigenvalue weighted by atomic mass is 10.3. The van der Waals surface area contributed by atoms with Gasteiger partial charge in [0.15, 0.2) is 0 Å². The van der Waals surface area contributed by atoms with Gasteiger partial charge in [0.05, 0.1) is 15.7 Å². The molecule has 0 bridgehead atoms. The van der Waals surface area contributed by atoms with E-state index in [1.165, 1.54) is 30.3 Å². The highest BCUT2D eigenvalue weighted by Gasteiger charge is 2.20. The van der Waals surface area contributed by atoms with Crippen molar-refractivity contribution in [1.29, 1.82) is 0 Å². The van der Waals surface area contributed by atoms with E-state index >= 15 is 0 Å². The second-order valence-electron chi connectivity index (χ2n) is 3.64. The zero-order valence-electron chi connectivity index (χ0n) is 9.40. The first-order chi connectivity index (χ1) is 8.92. The Bertz CT molecular complexity index is 719. The summed E-state index contributed by atoms with van der Waals surface area (Å²) in [7, 11) is -4.05. The summed E-state index contributed by atoms with van der Waals surface area (Å²) < 4.78 is 39.8. The molecule has 0 radical (unpaired) electrons. The van der Waals surface area contributed by atoms with Gasteiger partial charge in [0.1, 0.15) is 10.7 Å². The molecule has 0 aliphatic heterocycles. The molecule has 0 aliphatic carbocycles. The largest absolute Gasteiger partial charge is 0.278 e. The maximum atomic E-state index is 13.5. The first-order valence-corrected chi connectivity index (χ1v) is 7.37. The van der Waals surface area contributed by atoms with Gasteiger partial charge in [-0.2, -0.15) is 0 Å². The minimum absolute atomic E-state index is 0.0593. The first-order valence-electron chi connectivity index (χ1n) is 5.13. The summed E-state index contributed by atoms with van der Waals surface area (Å²) in [5.41, 5.74) is 0.0948. The predicted octanol–water partition coefficient (Wildman–Crippen LogP) is 3.93. The van der Waals surface area contributed by atoms with Crippen molar-refractivity contribution in [2.24, 2.45) is 0 Å². The van der Waals surface area contributed by atoms with Crippen LogP contribution in [0.2, 0.25) is 10.0 Å². The number of hydrogen-bond acceptors (Lipinski definition) is 2. The Hall–Kier alpha value is -1.30. The molecule has 3 nitrogen and oxygen atoms in total. The normalized spacial score (nSPS) is 11.3. The van der Waals surface area contributed by atoms with E-state index < -0.39 is 20.7 Å². The van der Waals surface area contributed by atoms with Gasteiger partial charge in [-0.25, -0.2) is 12.8 Å². The number of rotatable bonds is 3. The molecule has 2 aromatic carbocycles. The van der Waals surface area contributed by atoms with Gasteiger partial charge in [-0.05, 0) is 24.3 Å². The van der Waals surface area contributed by atoms with Gasteiger partial charge < -0.3 is 0 Å². The molecule has 0 aromatic heterocycles. The summed E-state index contributed by atoms with van der Waals surface area (Å²) in [5.74, 6) is -0.840. The minimum atomic E-state index is -4.05.